The van der Waals surface area contributed by atoms with Gasteiger partial charge < -0.3 is 9.42 Å². The molecular formula is C19H18N6O. The van der Waals surface area contributed by atoms with Crippen LogP contribution in [-0.2, 0) is 0 Å². The molecule has 4 aromatic rings. The van der Waals surface area contributed by atoms with E-state index in [-0.39, 0.29) is 0 Å². The molecule has 130 valence electrons. The van der Waals surface area contributed by atoms with Crippen LogP contribution in [0, 0.1) is 6.92 Å². The molecule has 0 aliphatic carbocycles. The number of anilines is 1. The second-order valence-electron chi connectivity index (χ2n) is 6.14. The summed E-state index contributed by atoms with van der Waals surface area (Å²) in [5.41, 5.74) is 4.37. The number of aromatic nitrogens is 5. The molecule has 7 nitrogen and oxygen atoms in total. The number of benzene rings is 2. The van der Waals surface area contributed by atoms with Gasteiger partial charge in [0.15, 0.2) is 5.69 Å². The molecule has 0 saturated carbocycles. The van der Waals surface area contributed by atoms with Crippen LogP contribution >= 0.6 is 0 Å². The van der Waals surface area contributed by atoms with Crippen LogP contribution in [0.1, 0.15) is 5.69 Å². The van der Waals surface area contributed by atoms with Crippen LogP contribution in [0.3, 0.4) is 0 Å². The van der Waals surface area contributed by atoms with E-state index in [0.717, 1.165) is 22.6 Å². The van der Waals surface area contributed by atoms with Gasteiger partial charge in [0.2, 0.25) is 5.82 Å². The van der Waals surface area contributed by atoms with Crippen molar-refractivity contribution in [2.45, 2.75) is 6.92 Å². The Morgan fingerprint density at radius 1 is 0.962 bits per heavy atom. The highest BCUT2D eigenvalue weighted by Crippen LogP contribution is 2.25. The summed E-state index contributed by atoms with van der Waals surface area (Å²) in [5, 5.41) is 12.5. The molecule has 0 unspecified atom stereocenters. The van der Waals surface area contributed by atoms with Gasteiger partial charge in [-0.25, -0.2) is 4.68 Å². The molecule has 2 aromatic carbocycles. The van der Waals surface area contributed by atoms with Crippen LogP contribution in [-0.4, -0.2) is 39.2 Å². The fraction of sp³-hybridized carbons (Fsp3) is 0.158. The minimum Gasteiger partial charge on any atom is -0.378 e. The van der Waals surface area contributed by atoms with E-state index in [9.17, 15) is 0 Å². The lowest BCUT2D eigenvalue weighted by molar-refractivity contribution is 0.432. The number of hydrogen-bond donors (Lipinski definition) is 0. The van der Waals surface area contributed by atoms with E-state index in [1.165, 1.54) is 0 Å². The van der Waals surface area contributed by atoms with E-state index in [1.807, 2.05) is 80.5 Å². The standard InChI is InChI=1S/C19H18N6O/c1-13-17(21-23-25(13)16-7-5-4-6-8-16)18-20-19(26-22-18)14-9-11-15(12-10-14)24(2)3/h4-12H,1-3H3. The summed E-state index contributed by atoms with van der Waals surface area (Å²) < 4.78 is 7.18. The van der Waals surface area contributed by atoms with Crippen molar-refractivity contribution in [2.75, 3.05) is 19.0 Å². The van der Waals surface area contributed by atoms with Gasteiger partial charge in [-0.15, -0.1) is 5.10 Å². The minimum atomic E-state index is 0.427. The molecule has 0 bridgehead atoms. The number of nitrogens with zero attached hydrogens (tertiary/aromatic N) is 6. The number of para-hydroxylation sites is 1. The van der Waals surface area contributed by atoms with Crippen molar-refractivity contribution in [3.05, 3.63) is 60.3 Å². The van der Waals surface area contributed by atoms with Crippen molar-refractivity contribution < 1.29 is 4.52 Å². The molecule has 0 aliphatic heterocycles. The van der Waals surface area contributed by atoms with Gasteiger partial charge in [0, 0.05) is 25.3 Å². The van der Waals surface area contributed by atoms with E-state index in [1.54, 1.807) is 4.68 Å². The third kappa shape index (κ3) is 2.83. The van der Waals surface area contributed by atoms with Crippen molar-refractivity contribution in [1.29, 1.82) is 0 Å². The molecule has 0 radical (unpaired) electrons. The molecule has 7 heteroatoms. The molecule has 2 heterocycles. The van der Waals surface area contributed by atoms with Crippen LogP contribution in [0.15, 0.2) is 59.1 Å². The highest BCUT2D eigenvalue weighted by Gasteiger charge is 2.18. The second-order valence-corrected chi connectivity index (χ2v) is 6.14. The van der Waals surface area contributed by atoms with E-state index >= 15 is 0 Å². The smallest absolute Gasteiger partial charge is 0.258 e. The highest BCUT2D eigenvalue weighted by molar-refractivity contribution is 5.61. The molecule has 0 saturated heterocycles. The molecule has 0 spiro atoms. The molecule has 0 aliphatic rings. The lowest BCUT2D eigenvalue weighted by atomic mass is 10.2. The molecule has 26 heavy (non-hydrogen) atoms. The Balaban J connectivity index is 1.65. The first kappa shape index (κ1) is 16.0. The van der Waals surface area contributed by atoms with E-state index < -0.39 is 0 Å². The van der Waals surface area contributed by atoms with Gasteiger partial charge in [-0.2, -0.15) is 4.98 Å². The van der Waals surface area contributed by atoms with Crippen LogP contribution in [0.2, 0.25) is 0 Å². The fourth-order valence-electron chi connectivity index (χ4n) is 2.69. The first-order valence-corrected chi connectivity index (χ1v) is 8.23. The van der Waals surface area contributed by atoms with Crippen LogP contribution in [0.5, 0.6) is 0 Å². The van der Waals surface area contributed by atoms with E-state index in [2.05, 4.69) is 20.5 Å². The topological polar surface area (TPSA) is 72.9 Å². The van der Waals surface area contributed by atoms with Gasteiger partial charge in [0.1, 0.15) is 0 Å². The molecule has 0 atom stereocenters. The molecular weight excluding hydrogens is 328 g/mol. The summed E-state index contributed by atoms with van der Waals surface area (Å²) in [6, 6.07) is 17.8. The summed E-state index contributed by atoms with van der Waals surface area (Å²) in [7, 11) is 4.00. The van der Waals surface area contributed by atoms with Crippen molar-refractivity contribution in [3.8, 4) is 28.7 Å². The molecule has 2 aromatic heterocycles. The Morgan fingerprint density at radius 3 is 2.38 bits per heavy atom. The Labute approximate surface area is 150 Å². The van der Waals surface area contributed by atoms with Crippen molar-refractivity contribution in [2.24, 2.45) is 0 Å². The average Bonchev–Trinajstić information content (AvgIpc) is 3.29. The lowest BCUT2D eigenvalue weighted by Gasteiger charge is -2.11. The summed E-state index contributed by atoms with van der Waals surface area (Å²) in [6.45, 7) is 1.93. The fourth-order valence-corrected chi connectivity index (χ4v) is 2.69. The van der Waals surface area contributed by atoms with Gasteiger partial charge >= 0.3 is 0 Å². The first-order valence-electron chi connectivity index (χ1n) is 8.23. The zero-order valence-corrected chi connectivity index (χ0v) is 14.8. The first-order chi connectivity index (χ1) is 12.6. The van der Waals surface area contributed by atoms with Crippen LogP contribution in [0.4, 0.5) is 5.69 Å². The minimum absolute atomic E-state index is 0.427. The zero-order valence-electron chi connectivity index (χ0n) is 14.8. The zero-order chi connectivity index (χ0) is 18.1. The predicted molar refractivity (Wildman–Crippen MR) is 99.2 cm³/mol. The summed E-state index contributed by atoms with van der Waals surface area (Å²) in [5.74, 6) is 0.885. The van der Waals surface area contributed by atoms with E-state index in [4.69, 9.17) is 4.52 Å². The monoisotopic (exact) mass is 346 g/mol. The van der Waals surface area contributed by atoms with Gasteiger partial charge in [0.05, 0.1) is 11.4 Å². The average molecular weight is 346 g/mol. The quantitative estimate of drug-likeness (QED) is 0.564. The van der Waals surface area contributed by atoms with Gasteiger partial charge in [-0.1, -0.05) is 28.6 Å². The van der Waals surface area contributed by atoms with Gasteiger partial charge in [0.25, 0.3) is 5.89 Å². The van der Waals surface area contributed by atoms with Crippen molar-refractivity contribution in [3.63, 3.8) is 0 Å². The normalized spacial score (nSPS) is 10.9. The number of hydrogen-bond acceptors (Lipinski definition) is 6. The van der Waals surface area contributed by atoms with Crippen molar-refractivity contribution >= 4 is 5.69 Å². The Hall–Kier alpha value is -3.48. The Kier molecular flexibility index (Phi) is 3.96. The molecule has 4 rings (SSSR count). The molecule has 0 N–H and O–H groups in total. The van der Waals surface area contributed by atoms with Crippen LogP contribution < -0.4 is 4.90 Å². The van der Waals surface area contributed by atoms with Crippen molar-refractivity contribution in [1.82, 2.24) is 25.1 Å². The largest absolute Gasteiger partial charge is 0.378 e. The lowest BCUT2D eigenvalue weighted by Crippen LogP contribution is -2.07. The summed E-state index contributed by atoms with van der Waals surface area (Å²) in [6.07, 6.45) is 0. The highest BCUT2D eigenvalue weighted by atomic mass is 16.5. The Bertz CT molecular complexity index is 1020. The van der Waals surface area contributed by atoms with E-state index in [0.29, 0.717) is 17.4 Å². The second kappa shape index (κ2) is 6.44. The predicted octanol–water partition coefficient (Wildman–Crippen LogP) is 3.36. The summed E-state index contributed by atoms with van der Waals surface area (Å²) >= 11 is 0. The molecule has 0 amide bonds. The maximum atomic E-state index is 5.42. The van der Waals surface area contributed by atoms with Gasteiger partial charge in [-0.05, 0) is 43.3 Å². The molecule has 0 fully saturated rings. The third-order valence-corrected chi connectivity index (χ3v) is 4.16. The van der Waals surface area contributed by atoms with Gasteiger partial charge in [-0.3, -0.25) is 0 Å². The Morgan fingerprint density at radius 2 is 1.69 bits per heavy atom. The van der Waals surface area contributed by atoms with Crippen LogP contribution in [0.25, 0.3) is 28.7 Å². The maximum Gasteiger partial charge on any atom is 0.258 e. The SMILES string of the molecule is Cc1c(-c2noc(-c3ccc(N(C)C)cc3)n2)nnn1-c1ccccc1. The summed E-state index contributed by atoms with van der Waals surface area (Å²) in [4.78, 5) is 6.52. The third-order valence-electron chi connectivity index (χ3n) is 4.16. The number of rotatable bonds is 4. The maximum absolute atomic E-state index is 5.42.